The van der Waals surface area contributed by atoms with Crippen LogP contribution < -0.4 is 0 Å². The van der Waals surface area contributed by atoms with E-state index in [4.69, 9.17) is 24.4 Å². The predicted octanol–water partition coefficient (Wildman–Crippen LogP) is 2.36. The Balaban J connectivity index is 3.40. The molecule has 1 radical (unpaired) electrons. The van der Waals surface area contributed by atoms with Crippen LogP contribution in [0.3, 0.4) is 0 Å². The molecular weight excluding hydrogens is 136 g/mol. The largest absolute Gasteiger partial charge is 0.0893 e. The van der Waals surface area contributed by atoms with Crippen LogP contribution in [0.1, 0.15) is 19.8 Å². The smallest absolute Gasteiger partial charge is 0.0102 e. The lowest BCUT2D eigenvalue weighted by Crippen LogP contribution is -1.97. The lowest BCUT2D eigenvalue weighted by atomic mass is 10.2. The van der Waals surface area contributed by atoms with Crippen molar-refractivity contribution >= 4 is 34.2 Å². The van der Waals surface area contributed by atoms with Gasteiger partial charge in [-0.05, 0) is 23.1 Å². The van der Waals surface area contributed by atoms with E-state index in [1.807, 2.05) is 6.92 Å². The van der Waals surface area contributed by atoms with Gasteiger partial charge < -0.3 is 0 Å². The Morgan fingerprint density at radius 1 is 1.50 bits per heavy atom. The predicted molar refractivity (Wildman–Crippen MR) is 45.5 cm³/mol. The molecule has 0 atom stereocenters. The molecule has 0 fully saturated rings. The van der Waals surface area contributed by atoms with E-state index in [0.29, 0.717) is 0 Å². The average Bonchev–Trinajstić information content (AvgIpc) is 1.65. The standard InChI is InChI=1S/C6H9S2/c1-3-6(8)4-5(2)7/h2-4H2,1H3. The number of hydrogen-bond donors (Lipinski definition) is 0. The Hall–Kier alpha value is 0.180. The Labute approximate surface area is 61.3 Å². The Bertz CT molecular complexity index is 105. The summed E-state index contributed by atoms with van der Waals surface area (Å²) in [6, 6.07) is 0. The second-order valence-corrected chi connectivity index (χ2v) is 2.76. The molecule has 8 heavy (non-hydrogen) atoms. The second kappa shape index (κ2) is 4.10. The van der Waals surface area contributed by atoms with Gasteiger partial charge in [0.1, 0.15) is 0 Å². The number of rotatable bonds is 3. The van der Waals surface area contributed by atoms with Crippen molar-refractivity contribution in [1.82, 2.24) is 0 Å². The molecule has 0 saturated carbocycles. The summed E-state index contributed by atoms with van der Waals surface area (Å²) >= 11 is 9.64. The first-order valence-corrected chi connectivity index (χ1v) is 3.35. The van der Waals surface area contributed by atoms with E-state index >= 15 is 0 Å². The lowest BCUT2D eigenvalue weighted by molar-refractivity contribution is 1.29. The summed E-state index contributed by atoms with van der Waals surface area (Å²) in [6.07, 6.45) is 1.67. The molecule has 0 spiro atoms. The Kier molecular flexibility index (Phi) is 4.19. The van der Waals surface area contributed by atoms with Crippen LogP contribution in [0.2, 0.25) is 0 Å². The van der Waals surface area contributed by atoms with Gasteiger partial charge in [0.05, 0.1) is 0 Å². The van der Waals surface area contributed by atoms with Crippen LogP contribution >= 0.6 is 24.4 Å². The zero-order chi connectivity index (χ0) is 6.57. The molecule has 0 nitrogen and oxygen atoms in total. The van der Waals surface area contributed by atoms with Crippen LogP contribution in [0, 0.1) is 6.92 Å². The van der Waals surface area contributed by atoms with E-state index < -0.39 is 0 Å². The summed E-state index contributed by atoms with van der Waals surface area (Å²) in [7, 11) is 0. The number of hydrogen-bond acceptors (Lipinski definition) is 2. The molecule has 0 unspecified atom stereocenters. The van der Waals surface area contributed by atoms with Gasteiger partial charge in [-0.1, -0.05) is 31.4 Å². The van der Waals surface area contributed by atoms with Gasteiger partial charge in [0.25, 0.3) is 0 Å². The molecule has 0 aromatic carbocycles. The monoisotopic (exact) mass is 145 g/mol. The van der Waals surface area contributed by atoms with Gasteiger partial charge in [-0.15, -0.1) is 0 Å². The van der Waals surface area contributed by atoms with Crippen LogP contribution in [-0.2, 0) is 0 Å². The topological polar surface area (TPSA) is 0 Å². The second-order valence-electron chi connectivity index (χ2n) is 1.61. The van der Waals surface area contributed by atoms with Crippen LogP contribution in [0.4, 0.5) is 0 Å². The highest BCUT2D eigenvalue weighted by Gasteiger charge is 1.92. The molecule has 0 saturated heterocycles. The molecule has 0 aromatic rings. The highest BCUT2D eigenvalue weighted by atomic mass is 32.1. The van der Waals surface area contributed by atoms with Gasteiger partial charge in [0.2, 0.25) is 0 Å². The highest BCUT2D eigenvalue weighted by Crippen LogP contribution is 1.93. The van der Waals surface area contributed by atoms with Crippen molar-refractivity contribution in [3.05, 3.63) is 6.92 Å². The van der Waals surface area contributed by atoms with Gasteiger partial charge in [-0.25, -0.2) is 0 Å². The fourth-order valence-corrected chi connectivity index (χ4v) is 0.785. The van der Waals surface area contributed by atoms with Crippen molar-refractivity contribution in [2.24, 2.45) is 0 Å². The SMILES string of the molecule is [CH2]C(=S)CC(=S)CC. The molecule has 0 heterocycles. The van der Waals surface area contributed by atoms with Crippen molar-refractivity contribution in [3.63, 3.8) is 0 Å². The van der Waals surface area contributed by atoms with E-state index in [2.05, 4.69) is 6.92 Å². The maximum atomic E-state index is 4.90. The minimum Gasteiger partial charge on any atom is -0.0893 e. The molecule has 0 aliphatic carbocycles. The van der Waals surface area contributed by atoms with Gasteiger partial charge in [0, 0.05) is 6.42 Å². The normalized spacial score (nSPS) is 8.75. The minimum atomic E-state index is 0.737. The van der Waals surface area contributed by atoms with Gasteiger partial charge in [0.15, 0.2) is 0 Å². The molecule has 0 aliphatic rings. The average molecular weight is 145 g/mol. The summed E-state index contributed by atoms with van der Waals surface area (Å²) in [5.41, 5.74) is 0. The van der Waals surface area contributed by atoms with Crippen molar-refractivity contribution in [2.45, 2.75) is 19.8 Å². The first kappa shape index (κ1) is 8.18. The highest BCUT2D eigenvalue weighted by molar-refractivity contribution is 7.82. The Morgan fingerprint density at radius 2 is 2.00 bits per heavy atom. The quantitative estimate of drug-likeness (QED) is 0.559. The van der Waals surface area contributed by atoms with E-state index in [9.17, 15) is 0 Å². The number of thiocarbonyl (C=S) groups is 2. The molecule has 0 aromatic heterocycles. The zero-order valence-electron chi connectivity index (χ0n) is 4.94. The van der Waals surface area contributed by atoms with Crippen LogP contribution in [-0.4, -0.2) is 9.73 Å². The van der Waals surface area contributed by atoms with Gasteiger partial charge in [-0.3, -0.25) is 0 Å². The summed E-state index contributed by atoms with van der Waals surface area (Å²) in [5, 5.41) is 0. The van der Waals surface area contributed by atoms with Crippen LogP contribution in [0.5, 0.6) is 0 Å². The summed E-state index contributed by atoms with van der Waals surface area (Å²) < 4.78 is 0. The van der Waals surface area contributed by atoms with Gasteiger partial charge in [-0.2, -0.15) is 0 Å². The molecule has 0 aliphatic heterocycles. The molecule has 0 rings (SSSR count). The van der Waals surface area contributed by atoms with E-state index in [1.165, 1.54) is 0 Å². The molecule has 0 amide bonds. The van der Waals surface area contributed by atoms with E-state index in [0.717, 1.165) is 22.6 Å². The third-order valence-corrected chi connectivity index (χ3v) is 1.37. The van der Waals surface area contributed by atoms with Crippen LogP contribution in [0.15, 0.2) is 0 Å². The first-order chi connectivity index (χ1) is 3.66. The van der Waals surface area contributed by atoms with E-state index in [1.54, 1.807) is 0 Å². The third kappa shape index (κ3) is 4.34. The maximum Gasteiger partial charge on any atom is 0.0102 e. The van der Waals surface area contributed by atoms with Crippen molar-refractivity contribution < 1.29 is 0 Å². The van der Waals surface area contributed by atoms with Crippen LogP contribution in [0.25, 0.3) is 0 Å². The fraction of sp³-hybridized carbons (Fsp3) is 0.500. The molecule has 0 bridgehead atoms. The molecular formula is C6H9S2. The van der Waals surface area contributed by atoms with Crippen molar-refractivity contribution in [1.29, 1.82) is 0 Å². The van der Waals surface area contributed by atoms with Crippen molar-refractivity contribution in [3.8, 4) is 0 Å². The first-order valence-electron chi connectivity index (χ1n) is 2.53. The van der Waals surface area contributed by atoms with Gasteiger partial charge >= 0.3 is 0 Å². The summed E-state index contributed by atoms with van der Waals surface area (Å²) in [4.78, 5) is 1.75. The van der Waals surface area contributed by atoms with E-state index in [-0.39, 0.29) is 0 Å². The fourth-order valence-electron chi connectivity index (χ4n) is 0.345. The molecule has 2 heteroatoms. The Morgan fingerprint density at radius 3 is 2.12 bits per heavy atom. The third-order valence-electron chi connectivity index (χ3n) is 0.789. The van der Waals surface area contributed by atoms with Crippen molar-refractivity contribution in [2.75, 3.05) is 0 Å². The summed E-state index contributed by atoms with van der Waals surface area (Å²) in [5.74, 6) is 0. The summed E-state index contributed by atoms with van der Waals surface area (Å²) in [6.45, 7) is 5.60. The maximum absolute atomic E-state index is 4.90. The molecule has 0 N–H and O–H groups in total. The minimum absolute atomic E-state index is 0.737. The lowest BCUT2D eigenvalue weighted by Gasteiger charge is -1.93. The zero-order valence-corrected chi connectivity index (χ0v) is 6.57. The molecule has 45 valence electrons.